The summed E-state index contributed by atoms with van der Waals surface area (Å²) in [5.74, 6) is 0.120. The van der Waals surface area contributed by atoms with Crippen molar-refractivity contribution < 1.29 is 9.53 Å². The van der Waals surface area contributed by atoms with Gasteiger partial charge in [-0.25, -0.2) is 9.97 Å². The lowest BCUT2D eigenvalue weighted by Gasteiger charge is -2.16. The van der Waals surface area contributed by atoms with Gasteiger partial charge in [0.15, 0.2) is 0 Å². The molecule has 0 radical (unpaired) electrons. The average Bonchev–Trinajstić information content (AvgIpc) is 2.90. The van der Waals surface area contributed by atoms with Gasteiger partial charge in [-0.15, -0.1) is 0 Å². The zero-order chi connectivity index (χ0) is 26.4. The molecule has 0 fully saturated rings. The molecule has 37 heavy (non-hydrogen) atoms. The zero-order valence-corrected chi connectivity index (χ0v) is 21.1. The van der Waals surface area contributed by atoms with Gasteiger partial charge in [0.25, 0.3) is 5.91 Å². The monoisotopic (exact) mass is 493 g/mol. The van der Waals surface area contributed by atoms with Crippen molar-refractivity contribution in [2.75, 3.05) is 24.4 Å². The Morgan fingerprint density at radius 2 is 1.78 bits per heavy atom. The smallest absolute Gasteiger partial charge is 0.251 e. The van der Waals surface area contributed by atoms with Gasteiger partial charge in [0.2, 0.25) is 0 Å². The van der Waals surface area contributed by atoms with Gasteiger partial charge in [0, 0.05) is 42.0 Å². The maximum absolute atomic E-state index is 11.9. The van der Waals surface area contributed by atoms with Crippen molar-refractivity contribution in [1.29, 1.82) is 5.26 Å². The number of carbonyl (C=O) groups excluding carboxylic acids is 1. The minimum absolute atomic E-state index is 0.0538. The van der Waals surface area contributed by atoms with Gasteiger partial charge in [-0.3, -0.25) is 14.8 Å². The van der Waals surface area contributed by atoms with E-state index in [1.807, 2.05) is 57.2 Å². The predicted molar refractivity (Wildman–Crippen MR) is 142 cm³/mol. The Morgan fingerprint density at radius 3 is 2.57 bits per heavy atom. The van der Waals surface area contributed by atoms with Gasteiger partial charge in [-0.05, 0) is 62.7 Å². The number of hydrogen-bond donors (Lipinski definition) is 2. The molecule has 3 heterocycles. The van der Waals surface area contributed by atoms with Crippen LogP contribution < -0.4 is 10.6 Å². The first kappa shape index (κ1) is 25.4. The first-order chi connectivity index (χ1) is 17.8. The highest BCUT2D eigenvalue weighted by atomic mass is 16.5. The minimum atomic E-state index is -0.689. The Morgan fingerprint density at radius 1 is 1.03 bits per heavy atom. The first-order valence-electron chi connectivity index (χ1n) is 11.6. The van der Waals surface area contributed by atoms with Crippen LogP contribution in [0.15, 0.2) is 67.3 Å². The highest BCUT2D eigenvalue weighted by molar-refractivity contribution is 5.91. The lowest BCUT2D eigenvalue weighted by atomic mass is 9.90. The summed E-state index contributed by atoms with van der Waals surface area (Å²) >= 11 is 0. The number of aromatic nitrogens is 4. The van der Waals surface area contributed by atoms with E-state index >= 15 is 0 Å². The summed E-state index contributed by atoms with van der Waals surface area (Å²) in [5, 5.41) is 15.6. The number of nitrogens with one attached hydrogen (secondary N) is 2. The maximum Gasteiger partial charge on any atom is 0.251 e. The fourth-order valence-corrected chi connectivity index (χ4v) is 3.65. The molecule has 1 amide bonds. The summed E-state index contributed by atoms with van der Waals surface area (Å²) in [6.45, 7) is 5.65. The SMILES string of the molecule is COCC(=O)Nc1cc(-c2cncc(-c3cc(Nc4ccnc(C(C)(C)C#N)c4)ccc3C)n2)ccn1. The van der Waals surface area contributed by atoms with Crippen LogP contribution in [0.2, 0.25) is 0 Å². The number of benzene rings is 1. The molecule has 0 aliphatic rings. The van der Waals surface area contributed by atoms with Gasteiger partial charge in [0.1, 0.15) is 12.4 Å². The molecule has 0 bridgehead atoms. The molecule has 0 spiro atoms. The third-order valence-corrected chi connectivity index (χ3v) is 5.72. The molecule has 9 heteroatoms. The molecule has 3 aromatic heterocycles. The van der Waals surface area contributed by atoms with E-state index in [0.717, 1.165) is 28.1 Å². The molecule has 9 nitrogen and oxygen atoms in total. The van der Waals surface area contributed by atoms with Crippen molar-refractivity contribution in [3.8, 4) is 28.6 Å². The van der Waals surface area contributed by atoms with Crippen molar-refractivity contribution in [2.24, 2.45) is 0 Å². The fraction of sp³-hybridized carbons (Fsp3) is 0.214. The highest BCUT2D eigenvalue weighted by Gasteiger charge is 2.21. The van der Waals surface area contributed by atoms with Gasteiger partial charge in [-0.2, -0.15) is 5.26 Å². The molecule has 0 aliphatic carbocycles. The average molecular weight is 494 g/mol. The zero-order valence-electron chi connectivity index (χ0n) is 21.1. The summed E-state index contributed by atoms with van der Waals surface area (Å²) in [7, 11) is 1.46. The second kappa shape index (κ2) is 10.9. The summed E-state index contributed by atoms with van der Waals surface area (Å²) in [4.78, 5) is 29.7. The van der Waals surface area contributed by atoms with Crippen LogP contribution in [0.25, 0.3) is 22.5 Å². The summed E-state index contributed by atoms with van der Waals surface area (Å²) in [6, 6.07) is 15.6. The van der Waals surface area contributed by atoms with Crippen LogP contribution >= 0.6 is 0 Å². The van der Waals surface area contributed by atoms with Crippen molar-refractivity contribution in [3.05, 3.63) is 78.5 Å². The van der Waals surface area contributed by atoms with Crippen LogP contribution in [0.3, 0.4) is 0 Å². The van der Waals surface area contributed by atoms with Crippen molar-refractivity contribution in [2.45, 2.75) is 26.2 Å². The number of methoxy groups -OCH3 is 1. The number of rotatable bonds is 8. The molecular weight excluding hydrogens is 466 g/mol. The Labute approximate surface area is 215 Å². The van der Waals surface area contributed by atoms with Crippen LogP contribution in [0.1, 0.15) is 25.1 Å². The predicted octanol–water partition coefficient (Wildman–Crippen LogP) is 5.04. The van der Waals surface area contributed by atoms with Crippen LogP contribution in [-0.4, -0.2) is 39.6 Å². The molecular formula is C28H27N7O2. The molecule has 0 unspecified atom stereocenters. The number of anilines is 3. The number of nitriles is 1. The van der Waals surface area contributed by atoms with E-state index in [-0.39, 0.29) is 12.5 Å². The fourth-order valence-electron chi connectivity index (χ4n) is 3.65. The number of carbonyl (C=O) groups is 1. The summed E-state index contributed by atoms with van der Waals surface area (Å²) in [5.41, 5.74) is 5.81. The van der Waals surface area contributed by atoms with E-state index < -0.39 is 5.41 Å². The van der Waals surface area contributed by atoms with Crippen LogP contribution in [0.5, 0.6) is 0 Å². The number of hydrogen-bond acceptors (Lipinski definition) is 8. The molecule has 2 N–H and O–H groups in total. The van der Waals surface area contributed by atoms with Gasteiger partial charge < -0.3 is 15.4 Å². The van der Waals surface area contributed by atoms with Crippen LogP contribution in [-0.2, 0) is 14.9 Å². The van der Waals surface area contributed by atoms with E-state index in [9.17, 15) is 10.1 Å². The minimum Gasteiger partial charge on any atom is -0.375 e. The third-order valence-electron chi connectivity index (χ3n) is 5.72. The molecule has 1 aromatic carbocycles. The molecule has 4 aromatic rings. The second-order valence-electron chi connectivity index (χ2n) is 9.02. The van der Waals surface area contributed by atoms with E-state index in [0.29, 0.717) is 22.9 Å². The van der Waals surface area contributed by atoms with E-state index in [4.69, 9.17) is 9.72 Å². The first-order valence-corrected chi connectivity index (χ1v) is 11.6. The van der Waals surface area contributed by atoms with Crippen LogP contribution in [0, 0.1) is 18.3 Å². The molecule has 186 valence electrons. The molecule has 0 aliphatic heterocycles. The third kappa shape index (κ3) is 6.12. The highest BCUT2D eigenvalue weighted by Crippen LogP contribution is 2.30. The second-order valence-corrected chi connectivity index (χ2v) is 9.02. The molecule has 4 rings (SSSR count). The number of pyridine rings is 2. The van der Waals surface area contributed by atoms with Gasteiger partial charge >= 0.3 is 0 Å². The Kier molecular flexibility index (Phi) is 7.51. The number of amides is 1. The molecule has 0 saturated carbocycles. The van der Waals surface area contributed by atoms with Crippen LogP contribution in [0.4, 0.5) is 17.2 Å². The standard InChI is InChI=1S/C28H27N7O2/c1-18-5-6-20(33-21-8-10-31-25(13-21)28(2,3)17-29)12-22(18)24-15-30-14-23(34-24)19-7-9-32-26(11-19)35-27(36)16-37-4/h5-15H,16H2,1-4H3,(H,31,33)(H,32,35,36). The quantitative estimate of drug-likeness (QED) is 0.350. The van der Waals surface area contributed by atoms with Crippen molar-refractivity contribution in [1.82, 2.24) is 19.9 Å². The summed E-state index contributed by atoms with van der Waals surface area (Å²) < 4.78 is 4.86. The topological polar surface area (TPSA) is 126 Å². The largest absolute Gasteiger partial charge is 0.375 e. The Hall–Kier alpha value is -4.68. The Bertz CT molecular complexity index is 1480. The lowest BCUT2D eigenvalue weighted by molar-refractivity contribution is -0.119. The molecule has 0 atom stereocenters. The summed E-state index contributed by atoms with van der Waals surface area (Å²) in [6.07, 6.45) is 6.70. The normalized spacial score (nSPS) is 11.0. The van der Waals surface area contributed by atoms with Crippen molar-refractivity contribution >= 4 is 23.1 Å². The van der Waals surface area contributed by atoms with Gasteiger partial charge in [0.05, 0.1) is 41.0 Å². The number of nitrogens with zero attached hydrogens (tertiary/aromatic N) is 5. The van der Waals surface area contributed by atoms with E-state index in [1.165, 1.54) is 7.11 Å². The lowest BCUT2D eigenvalue weighted by Crippen LogP contribution is -2.17. The van der Waals surface area contributed by atoms with Crippen molar-refractivity contribution in [3.63, 3.8) is 0 Å². The van der Waals surface area contributed by atoms with E-state index in [1.54, 1.807) is 30.9 Å². The maximum atomic E-state index is 11.9. The number of aryl methyl sites for hydroxylation is 1. The molecule has 0 saturated heterocycles. The Balaban J connectivity index is 1.62. The van der Waals surface area contributed by atoms with Gasteiger partial charge in [-0.1, -0.05) is 6.07 Å². The van der Waals surface area contributed by atoms with E-state index in [2.05, 4.69) is 31.7 Å². The number of ether oxygens (including phenoxy) is 1.